The molecule has 2 aromatic heterocycles. The van der Waals surface area contributed by atoms with Crippen molar-refractivity contribution in [2.24, 2.45) is 5.92 Å². The van der Waals surface area contributed by atoms with Crippen LogP contribution in [-0.4, -0.2) is 53.4 Å². The van der Waals surface area contributed by atoms with Crippen LogP contribution in [0.5, 0.6) is 5.75 Å². The maximum absolute atomic E-state index is 13.1. The molecule has 1 N–H and O–H groups in total. The van der Waals surface area contributed by atoms with Gasteiger partial charge in [0, 0.05) is 36.3 Å². The summed E-state index contributed by atoms with van der Waals surface area (Å²) >= 11 is 0. The molecule has 0 spiro atoms. The van der Waals surface area contributed by atoms with Crippen molar-refractivity contribution >= 4 is 34.7 Å². The number of fused-ring (bicyclic) bond motifs is 1. The van der Waals surface area contributed by atoms with E-state index in [4.69, 9.17) is 4.74 Å². The fourth-order valence-electron chi connectivity index (χ4n) is 4.47. The van der Waals surface area contributed by atoms with Crippen LogP contribution >= 0.6 is 0 Å². The van der Waals surface area contributed by atoms with E-state index in [1.54, 1.807) is 18.1 Å². The molecule has 1 aliphatic heterocycles. The Bertz CT molecular complexity index is 1210. The van der Waals surface area contributed by atoms with Crippen LogP contribution in [0.1, 0.15) is 35.7 Å². The molecule has 1 aromatic carbocycles. The van der Waals surface area contributed by atoms with E-state index in [-0.39, 0.29) is 17.9 Å². The predicted molar refractivity (Wildman–Crippen MR) is 124 cm³/mol. The smallest absolute Gasteiger partial charge is 0.254 e. The monoisotopic (exact) mass is 430 g/mol. The third-order valence-electron chi connectivity index (χ3n) is 6.31. The highest BCUT2D eigenvalue weighted by Gasteiger charge is 2.31. The second-order valence-corrected chi connectivity index (χ2v) is 8.51. The molecule has 5 rings (SSSR count). The molecular formula is C25H26N4O3. The van der Waals surface area contributed by atoms with Gasteiger partial charge in [-0.2, -0.15) is 0 Å². The van der Waals surface area contributed by atoms with Gasteiger partial charge in [0.25, 0.3) is 5.91 Å². The quantitative estimate of drug-likeness (QED) is 0.602. The first kappa shape index (κ1) is 20.3. The SMILES string of the molecule is COc1cccc(C(=O)N2CC=C(c3cc(N(C=O)C4CC4)nc4[nH]ccc34)C(C)C2)c1. The first-order chi connectivity index (χ1) is 15.6. The number of ether oxygens (including phenoxy) is 1. The Morgan fingerprint density at radius 3 is 2.84 bits per heavy atom. The predicted octanol–water partition coefficient (Wildman–Crippen LogP) is 3.87. The molecule has 1 unspecified atom stereocenters. The van der Waals surface area contributed by atoms with Gasteiger partial charge in [-0.1, -0.05) is 19.1 Å². The molecule has 3 heterocycles. The number of amides is 2. The lowest BCUT2D eigenvalue weighted by molar-refractivity contribution is -0.107. The largest absolute Gasteiger partial charge is 0.497 e. The average molecular weight is 431 g/mol. The molecule has 2 aliphatic rings. The van der Waals surface area contributed by atoms with Crippen molar-refractivity contribution < 1.29 is 14.3 Å². The molecular weight excluding hydrogens is 404 g/mol. The molecule has 2 amide bonds. The molecule has 32 heavy (non-hydrogen) atoms. The maximum Gasteiger partial charge on any atom is 0.254 e. The Hall–Kier alpha value is -3.61. The van der Waals surface area contributed by atoms with Gasteiger partial charge in [0.1, 0.15) is 17.2 Å². The lowest BCUT2D eigenvalue weighted by Gasteiger charge is -2.32. The highest BCUT2D eigenvalue weighted by Crippen LogP contribution is 2.37. The number of rotatable bonds is 6. The number of hydrogen-bond donors (Lipinski definition) is 1. The van der Waals surface area contributed by atoms with Crippen LogP contribution in [0.15, 0.2) is 48.7 Å². The van der Waals surface area contributed by atoms with E-state index in [2.05, 4.69) is 23.0 Å². The minimum absolute atomic E-state index is 0.00544. The van der Waals surface area contributed by atoms with E-state index >= 15 is 0 Å². The number of hydrogen-bond acceptors (Lipinski definition) is 4. The number of nitrogens with one attached hydrogen (secondary N) is 1. The fraction of sp³-hybridized carbons (Fsp3) is 0.320. The van der Waals surface area contributed by atoms with Gasteiger partial charge >= 0.3 is 0 Å². The molecule has 7 nitrogen and oxygen atoms in total. The lowest BCUT2D eigenvalue weighted by atomic mass is 9.89. The minimum Gasteiger partial charge on any atom is -0.497 e. The Labute approximate surface area is 186 Å². The Balaban J connectivity index is 1.46. The van der Waals surface area contributed by atoms with Gasteiger partial charge in [-0.05, 0) is 60.2 Å². The van der Waals surface area contributed by atoms with Crippen molar-refractivity contribution in [2.75, 3.05) is 25.1 Å². The van der Waals surface area contributed by atoms with E-state index in [9.17, 15) is 9.59 Å². The van der Waals surface area contributed by atoms with Crippen molar-refractivity contribution in [1.29, 1.82) is 0 Å². The Kier molecular flexibility index (Phi) is 5.17. The number of methoxy groups -OCH3 is 1. The Morgan fingerprint density at radius 2 is 2.12 bits per heavy atom. The number of aromatic nitrogens is 2. The van der Waals surface area contributed by atoms with Gasteiger partial charge in [-0.25, -0.2) is 4.98 Å². The zero-order chi connectivity index (χ0) is 22.2. The van der Waals surface area contributed by atoms with E-state index in [1.165, 1.54) is 5.57 Å². The molecule has 7 heteroatoms. The highest BCUT2D eigenvalue weighted by molar-refractivity contribution is 5.97. The van der Waals surface area contributed by atoms with Crippen molar-refractivity contribution in [3.05, 3.63) is 59.8 Å². The number of H-pyrrole nitrogens is 1. The zero-order valence-electron chi connectivity index (χ0n) is 18.2. The van der Waals surface area contributed by atoms with E-state index in [0.29, 0.717) is 30.2 Å². The Morgan fingerprint density at radius 1 is 1.28 bits per heavy atom. The molecule has 0 saturated heterocycles. The van der Waals surface area contributed by atoms with Crippen molar-refractivity contribution in [2.45, 2.75) is 25.8 Å². The van der Waals surface area contributed by atoms with E-state index < -0.39 is 0 Å². The summed E-state index contributed by atoms with van der Waals surface area (Å²) in [6.45, 7) is 3.28. The van der Waals surface area contributed by atoms with Gasteiger partial charge in [0.05, 0.1) is 7.11 Å². The third kappa shape index (κ3) is 3.64. The van der Waals surface area contributed by atoms with Crippen LogP contribution in [0.2, 0.25) is 0 Å². The van der Waals surface area contributed by atoms with E-state index in [1.807, 2.05) is 41.4 Å². The molecule has 3 aromatic rings. The minimum atomic E-state index is -0.00544. The summed E-state index contributed by atoms with van der Waals surface area (Å²) < 4.78 is 5.26. The molecule has 1 aliphatic carbocycles. The number of benzene rings is 1. The van der Waals surface area contributed by atoms with E-state index in [0.717, 1.165) is 35.8 Å². The first-order valence-electron chi connectivity index (χ1n) is 10.9. The summed E-state index contributed by atoms with van der Waals surface area (Å²) in [6.07, 6.45) is 6.91. The fourth-order valence-corrected chi connectivity index (χ4v) is 4.47. The first-order valence-corrected chi connectivity index (χ1v) is 10.9. The average Bonchev–Trinajstić information content (AvgIpc) is 3.54. The van der Waals surface area contributed by atoms with Gasteiger partial charge < -0.3 is 14.6 Å². The summed E-state index contributed by atoms with van der Waals surface area (Å²) in [4.78, 5) is 36.3. The molecule has 1 fully saturated rings. The number of pyridine rings is 1. The topological polar surface area (TPSA) is 78.5 Å². The molecule has 0 radical (unpaired) electrons. The van der Waals surface area contributed by atoms with Gasteiger partial charge in [0.15, 0.2) is 0 Å². The summed E-state index contributed by atoms with van der Waals surface area (Å²) in [6, 6.07) is 11.5. The van der Waals surface area contributed by atoms with Crippen LogP contribution in [0.25, 0.3) is 16.6 Å². The normalized spacial score (nSPS) is 18.4. The zero-order valence-corrected chi connectivity index (χ0v) is 18.2. The summed E-state index contributed by atoms with van der Waals surface area (Å²) in [7, 11) is 1.60. The number of anilines is 1. The highest BCUT2D eigenvalue weighted by atomic mass is 16.5. The van der Waals surface area contributed by atoms with Crippen molar-refractivity contribution in [3.63, 3.8) is 0 Å². The maximum atomic E-state index is 13.1. The number of aromatic amines is 1. The van der Waals surface area contributed by atoms with Gasteiger partial charge in [0.2, 0.25) is 6.41 Å². The van der Waals surface area contributed by atoms with Crippen LogP contribution in [0, 0.1) is 5.92 Å². The second kappa shape index (κ2) is 8.15. The number of carbonyl (C=O) groups excluding carboxylic acids is 2. The molecule has 1 atom stereocenters. The number of nitrogens with zero attached hydrogens (tertiary/aromatic N) is 3. The molecule has 164 valence electrons. The summed E-state index contributed by atoms with van der Waals surface area (Å²) in [5, 5.41) is 1.03. The van der Waals surface area contributed by atoms with Gasteiger partial charge in [-0.15, -0.1) is 0 Å². The summed E-state index contributed by atoms with van der Waals surface area (Å²) in [5.74, 6) is 1.48. The number of carbonyl (C=O) groups is 2. The van der Waals surface area contributed by atoms with Crippen molar-refractivity contribution in [1.82, 2.24) is 14.9 Å². The molecule has 1 saturated carbocycles. The van der Waals surface area contributed by atoms with Crippen LogP contribution in [0.4, 0.5) is 5.82 Å². The summed E-state index contributed by atoms with van der Waals surface area (Å²) in [5.41, 5.74) is 3.64. The lowest BCUT2D eigenvalue weighted by Crippen LogP contribution is -2.38. The van der Waals surface area contributed by atoms with Crippen LogP contribution < -0.4 is 9.64 Å². The molecule has 0 bridgehead atoms. The second-order valence-electron chi connectivity index (χ2n) is 8.51. The van der Waals surface area contributed by atoms with Gasteiger partial charge in [-0.3, -0.25) is 14.5 Å². The van der Waals surface area contributed by atoms with Crippen molar-refractivity contribution in [3.8, 4) is 5.75 Å². The van der Waals surface area contributed by atoms with Crippen LogP contribution in [0.3, 0.4) is 0 Å². The standard InChI is InChI=1S/C25H26N4O3/c1-16-14-28(25(31)17-4-3-5-19(12-17)32-2)11-9-20(16)22-13-23(29(15-30)18-6-7-18)27-24-21(22)8-10-26-24/h3-5,8-10,12-13,15-16,18H,6-7,11,14H2,1-2H3,(H,26,27). The third-order valence-corrected chi connectivity index (χ3v) is 6.31. The van der Waals surface area contributed by atoms with Crippen LogP contribution in [-0.2, 0) is 4.79 Å².